The fourth-order valence-electron chi connectivity index (χ4n) is 2.09. The van der Waals surface area contributed by atoms with Gasteiger partial charge in [-0.05, 0) is 25.1 Å². The summed E-state index contributed by atoms with van der Waals surface area (Å²) in [7, 11) is 0. The minimum Gasteiger partial charge on any atom is -0.393 e. The topological polar surface area (TPSA) is 120 Å². The van der Waals surface area contributed by atoms with E-state index in [1.54, 1.807) is 12.3 Å². The van der Waals surface area contributed by atoms with E-state index < -0.39 is 18.6 Å². The normalized spacial score (nSPS) is 12.2. The summed E-state index contributed by atoms with van der Waals surface area (Å²) in [4.78, 5) is 25.3. The summed E-state index contributed by atoms with van der Waals surface area (Å²) in [6.07, 6.45) is 0.237. The van der Waals surface area contributed by atoms with Crippen LogP contribution in [0.2, 0.25) is 0 Å². The van der Waals surface area contributed by atoms with Crippen LogP contribution in [0.3, 0.4) is 0 Å². The lowest BCUT2D eigenvalue weighted by molar-refractivity contribution is -0.125. The highest BCUT2D eigenvalue weighted by molar-refractivity contribution is 7.81. The Labute approximate surface area is 152 Å². The number of pyridine rings is 2. The monoisotopic (exact) mass is 377 g/mol. The zero-order chi connectivity index (χ0) is 18.0. The van der Waals surface area contributed by atoms with Crippen LogP contribution >= 0.6 is 24.2 Å². The first-order chi connectivity index (χ1) is 12.0. The third-order valence-electron chi connectivity index (χ3n) is 3.46. The predicted octanol–water partition coefficient (Wildman–Crippen LogP) is 1.61. The predicted molar refractivity (Wildman–Crippen MR) is 99.7 cm³/mol. The maximum absolute atomic E-state index is 11.6. The Hall–Kier alpha value is -2.27. The number of aryl methyl sites for hydroxylation is 1. The molecule has 25 heavy (non-hydrogen) atoms. The SMILES string of the molecule is Cc1ncc(-c2ccc3nc(NC(=O)[C@H](O)CO)sc3n2)cc1NS. The quantitative estimate of drug-likeness (QED) is 0.428. The van der Waals surface area contributed by atoms with Gasteiger partial charge in [0.1, 0.15) is 10.3 Å². The molecule has 3 heterocycles. The maximum Gasteiger partial charge on any atom is 0.257 e. The van der Waals surface area contributed by atoms with Gasteiger partial charge in [0.15, 0.2) is 11.2 Å². The number of hydrogen-bond donors (Lipinski definition) is 5. The first-order valence-corrected chi connectivity index (χ1v) is 8.52. The largest absolute Gasteiger partial charge is 0.393 e. The second-order valence-electron chi connectivity index (χ2n) is 5.20. The van der Waals surface area contributed by atoms with E-state index in [1.807, 2.05) is 19.1 Å². The van der Waals surface area contributed by atoms with Crippen molar-refractivity contribution >= 4 is 51.2 Å². The van der Waals surface area contributed by atoms with Gasteiger partial charge >= 0.3 is 0 Å². The van der Waals surface area contributed by atoms with Crippen molar-refractivity contribution in [1.29, 1.82) is 0 Å². The number of nitrogens with zero attached hydrogens (tertiary/aromatic N) is 3. The standard InChI is InChI=1S/C15H15N5O3S2/c1-7-11(20-24)4-8(5-16-7)9-2-3-10-14(17-9)25-15(18-10)19-13(23)12(22)6-21/h2-5,12,20-22,24H,6H2,1H3,(H,18,19,23)/t12-/m1/s1. The molecule has 3 aromatic rings. The molecule has 0 aliphatic heterocycles. The van der Waals surface area contributed by atoms with Crippen LogP contribution in [-0.2, 0) is 4.79 Å². The lowest BCUT2D eigenvalue weighted by atomic mass is 10.1. The highest BCUT2D eigenvalue weighted by atomic mass is 32.1. The molecule has 0 unspecified atom stereocenters. The second kappa shape index (κ2) is 7.31. The van der Waals surface area contributed by atoms with Crippen LogP contribution in [0.15, 0.2) is 24.4 Å². The molecule has 0 saturated carbocycles. The lowest BCUT2D eigenvalue weighted by Gasteiger charge is -2.06. The van der Waals surface area contributed by atoms with Crippen molar-refractivity contribution in [2.45, 2.75) is 13.0 Å². The number of thiazole rings is 1. The van der Waals surface area contributed by atoms with E-state index in [4.69, 9.17) is 5.11 Å². The van der Waals surface area contributed by atoms with Gasteiger partial charge in [0.2, 0.25) is 0 Å². The lowest BCUT2D eigenvalue weighted by Crippen LogP contribution is -2.30. The molecular weight excluding hydrogens is 362 g/mol. The molecule has 0 saturated heterocycles. The molecular formula is C15H15N5O3S2. The minimum atomic E-state index is -1.48. The zero-order valence-electron chi connectivity index (χ0n) is 13.1. The molecule has 0 aromatic carbocycles. The van der Waals surface area contributed by atoms with Gasteiger partial charge in [0.25, 0.3) is 5.91 Å². The molecule has 0 fully saturated rings. The van der Waals surface area contributed by atoms with Crippen LogP contribution < -0.4 is 10.0 Å². The summed E-state index contributed by atoms with van der Waals surface area (Å²) >= 11 is 5.24. The Morgan fingerprint density at radius 2 is 2.20 bits per heavy atom. The maximum atomic E-state index is 11.6. The third kappa shape index (κ3) is 3.71. The fraction of sp³-hybridized carbons (Fsp3) is 0.200. The van der Waals surface area contributed by atoms with Gasteiger partial charge < -0.3 is 14.9 Å². The molecule has 130 valence electrons. The van der Waals surface area contributed by atoms with Crippen LogP contribution in [0.5, 0.6) is 0 Å². The van der Waals surface area contributed by atoms with E-state index in [9.17, 15) is 9.90 Å². The van der Waals surface area contributed by atoms with Crippen LogP contribution in [0.1, 0.15) is 5.69 Å². The molecule has 0 spiro atoms. The van der Waals surface area contributed by atoms with Crippen molar-refractivity contribution in [2.24, 2.45) is 0 Å². The molecule has 1 amide bonds. The van der Waals surface area contributed by atoms with Crippen molar-refractivity contribution < 1.29 is 15.0 Å². The number of aromatic nitrogens is 3. The molecule has 0 aliphatic carbocycles. The number of nitrogens with one attached hydrogen (secondary N) is 2. The highest BCUT2D eigenvalue weighted by Gasteiger charge is 2.16. The molecule has 0 bridgehead atoms. The molecule has 0 aliphatic rings. The first-order valence-electron chi connectivity index (χ1n) is 7.26. The van der Waals surface area contributed by atoms with Crippen LogP contribution in [0.25, 0.3) is 21.6 Å². The van der Waals surface area contributed by atoms with Gasteiger partial charge in [-0.3, -0.25) is 15.1 Å². The summed E-state index contributed by atoms with van der Waals surface area (Å²) in [6, 6.07) is 5.50. The summed E-state index contributed by atoms with van der Waals surface area (Å²) < 4.78 is 2.79. The van der Waals surface area contributed by atoms with Gasteiger partial charge in [-0.25, -0.2) is 9.97 Å². The van der Waals surface area contributed by atoms with Crippen molar-refractivity contribution in [1.82, 2.24) is 15.0 Å². The minimum absolute atomic E-state index is 0.303. The molecule has 3 rings (SSSR count). The Morgan fingerprint density at radius 1 is 1.40 bits per heavy atom. The van der Waals surface area contributed by atoms with E-state index in [0.717, 1.165) is 16.9 Å². The van der Waals surface area contributed by atoms with E-state index >= 15 is 0 Å². The zero-order valence-corrected chi connectivity index (χ0v) is 14.8. The number of hydrogen-bond acceptors (Lipinski definition) is 9. The van der Waals surface area contributed by atoms with E-state index in [2.05, 4.69) is 37.8 Å². The number of carbonyl (C=O) groups is 1. The van der Waals surface area contributed by atoms with Crippen molar-refractivity contribution in [3.63, 3.8) is 0 Å². The Morgan fingerprint density at radius 3 is 2.92 bits per heavy atom. The number of aliphatic hydroxyl groups excluding tert-OH is 2. The van der Waals surface area contributed by atoms with Crippen molar-refractivity contribution in [2.75, 3.05) is 16.6 Å². The summed E-state index contributed by atoms with van der Waals surface area (Å²) in [5, 5.41) is 20.9. The molecule has 8 nitrogen and oxygen atoms in total. The van der Waals surface area contributed by atoms with Crippen molar-refractivity contribution in [3.8, 4) is 11.3 Å². The first kappa shape index (κ1) is 17.5. The number of aliphatic hydroxyl groups is 2. The third-order valence-corrected chi connectivity index (χ3v) is 4.59. The van der Waals surface area contributed by atoms with Gasteiger partial charge in [-0.2, -0.15) is 0 Å². The summed E-state index contributed by atoms with van der Waals surface area (Å²) in [5.41, 5.74) is 3.76. The number of anilines is 2. The average molecular weight is 377 g/mol. The number of rotatable bonds is 5. The Bertz CT molecular complexity index is 931. The number of thiol groups is 1. The van der Waals surface area contributed by atoms with E-state index in [-0.39, 0.29) is 0 Å². The van der Waals surface area contributed by atoms with Crippen LogP contribution in [-0.4, -0.2) is 43.8 Å². The molecule has 3 aromatic heterocycles. The summed E-state index contributed by atoms with van der Waals surface area (Å²) in [5.74, 6) is -0.714. The molecule has 1 atom stereocenters. The van der Waals surface area contributed by atoms with Crippen LogP contribution in [0.4, 0.5) is 10.8 Å². The molecule has 4 N–H and O–H groups in total. The highest BCUT2D eigenvalue weighted by Crippen LogP contribution is 2.29. The average Bonchev–Trinajstić information content (AvgIpc) is 3.02. The molecule has 10 heteroatoms. The van der Waals surface area contributed by atoms with Gasteiger partial charge in [-0.1, -0.05) is 24.2 Å². The van der Waals surface area contributed by atoms with E-state index in [1.165, 1.54) is 11.3 Å². The number of carbonyl (C=O) groups excluding carboxylic acids is 1. The smallest absolute Gasteiger partial charge is 0.257 e. The van der Waals surface area contributed by atoms with Crippen molar-refractivity contribution in [3.05, 3.63) is 30.1 Å². The summed E-state index contributed by atoms with van der Waals surface area (Å²) in [6.45, 7) is 1.22. The fourth-order valence-corrected chi connectivity index (χ4v) is 3.16. The van der Waals surface area contributed by atoms with Gasteiger partial charge in [0, 0.05) is 11.8 Å². The Balaban J connectivity index is 1.91. The van der Waals surface area contributed by atoms with Gasteiger partial charge in [0.05, 0.1) is 23.7 Å². The van der Waals surface area contributed by atoms with Gasteiger partial charge in [-0.15, -0.1) is 0 Å². The number of amides is 1. The Kier molecular flexibility index (Phi) is 5.13. The second-order valence-corrected chi connectivity index (χ2v) is 6.40. The van der Waals surface area contributed by atoms with Crippen LogP contribution in [0, 0.1) is 6.92 Å². The molecule has 0 radical (unpaired) electrons. The number of fused-ring (bicyclic) bond motifs is 1. The van der Waals surface area contributed by atoms with E-state index in [0.29, 0.717) is 21.2 Å².